The van der Waals surface area contributed by atoms with Gasteiger partial charge in [-0.2, -0.15) is 0 Å². The Labute approximate surface area is 79.4 Å². The van der Waals surface area contributed by atoms with Gasteiger partial charge in [-0.25, -0.2) is 0 Å². The van der Waals surface area contributed by atoms with E-state index in [0.29, 0.717) is 0 Å². The van der Waals surface area contributed by atoms with Gasteiger partial charge in [0.15, 0.2) is 0 Å². The van der Waals surface area contributed by atoms with Gasteiger partial charge in [-0.1, -0.05) is 6.92 Å². The molecule has 0 aliphatic carbocycles. The highest BCUT2D eigenvalue weighted by atomic mass is 15.3. The first-order valence-corrected chi connectivity index (χ1v) is 4.77. The largest absolute Gasteiger partial charge is 0.314 e. The topological polar surface area (TPSA) is 42.7 Å². The molecule has 0 aliphatic heterocycles. The van der Waals surface area contributed by atoms with Crippen molar-refractivity contribution in [3.63, 3.8) is 0 Å². The number of hydrogen-bond acceptors (Lipinski definition) is 3. The van der Waals surface area contributed by atoms with E-state index < -0.39 is 0 Å². The Morgan fingerprint density at radius 1 is 1.46 bits per heavy atom. The number of nitrogens with one attached hydrogen (secondary N) is 1. The van der Waals surface area contributed by atoms with E-state index in [-0.39, 0.29) is 6.04 Å². The molecule has 1 atom stereocenters. The van der Waals surface area contributed by atoms with Crippen LogP contribution in [0.1, 0.15) is 38.0 Å². The summed E-state index contributed by atoms with van der Waals surface area (Å²) >= 11 is 0. The van der Waals surface area contributed by atoms with Crippen LogP contribution in [0.4, 0.5) is 0 Å². The van der Waals surface area contributed by atoms with Crippen molar-refractivity contribution in [1.29, 1.82) is 0 Å². The van der Waals surface area contributed by atoms with Gasteiger partial charge in [0.2, 0.25) is 0 Å². The van der Waals surface area contributed by atoms with E-state index in [1.165, 1.54) is 0 Å². The normalized spacial score (nSPS) is 13.2. The SMILES string of the molecule is CCCn1c(C)nnc1C(C)NC. The zero-order chi connectivity index (χ0) is 9.84. The third-order valence-corrected chi connectivity index (χ3v) is 2.23. The lowest BCUT2D eigenvalue weighted by Crippen LogP contribution is -2.18. The van der Waals surface area contributed by atoms with Gasteiger partial charge in [-0.05, 0) is 27.3 Å². The fourth-order valence-corrected chi connectivity index (χ4v) is 1.35. The standard InChI is InChI=1S/C9H18N4/c1-5-6-13-8(3)11-12-9(13)7(2)10-4/h7,10H,5-6H2,1-4H3. The molecule has 1 heterocycles. The Bertz CT molecular complexity index is 267. The molecule has 13 heavy (non-hydrogen) atoms. The number of aryl methyl sites for hydroxylation is 1. The van der Waals surface area contributed by atoms with Crippen molar-refractivity contribution >= 4 is 0 Å². The molecule has 74 valence electrons. The van der Waals surface area contributed by atoms with Crippen LogP contribution in [0.5, 0.6) is 0 Å². The first-order valence-electron chi connectivity index (χ1n) is 4.77. The highest BCUT2D eigenvalue weighted by Gasteiger charge is 2.12. The van der Waals surface area contributed by atoms with Crippen molar-refractivity contribution in [3.05, 3.63) is 11.6 Å². The van der Waals surface area contributed by atoms with E-state index in [1.54, 1.807) is 0 Å². The quantitative estimate of drug-likeness (QED) is 0.762. The van der Waals surface area contributed by atoms with Crippen molar-refractivity contribution in [3.8, 4) is 0 Å². The van der Waals surface area contributed by atoms with E-state index in [9.17, 15) is 0 Å². The van der Waals surface area contributed by atoms with Crippen LogP contribution in [0, 0.1) is 6.92 Å². The number of aromatic nitrogens is 3. The minimum absolute atomic E-state index is 0.271. The van der Waals surface area contributed by atoms with Crippen molar-refractivity contribution in [2.24, 2.45) is 0 Å². The molecule has 1 N–H and O–H groups in total. The lowest BCUT2D eigenvalue weighted by atomic mass is 10.3. The zero-order valence-electron chi connectivity index (χ0n) is 8.83. The van der Waals surface area contributed by atoms with Crippen molar-refractivity contribution in [2.45, 2.75) is 39.8 Å². The molecule has 1 aromatic heterocycles. The van der Waals surface area contributed by atoms with Crippen LogP contribution < -0.4 is 5.32 Å². The number of rotatable bonds is 4. The van der Waals surface area contributed by atoms with E-state index in [2.05, 4.69) is 33.9 Å². The zero-order valence-corrected chi connectivity index (χ0v) is 8.83. The number of hydrogen-bond donors (Lipinski definition) is 1. The van der Waals surface area contributed by atoms with Crippen LogP contribution in [0.25, 0.3) is 0 Å². The van der Waals surface area contributed by atoms with E-state index >= 15 is 0 Å². The minimum atomic E-state index is 0.271. The summed E-state index contributed by atoms with van der Waals surface area (Å²) in [4.78, 5) is 0. The Morgan fingerprint density at radius 2 is 2.15 bits per heavy atom. The molecule has 0 fully saturated rings. The van der Waals surface area contributed by atoms with Crippen LogP contribution in [0.15, 0.2) is 0 Å². The minimum Gasteiger partial charge on any atom is -0.314 e. The van der Waals surface area contributed by atoms with Gasteiger partial charge in [-0.3, -0.25) is 0 Å². The Kier molecular flexibility index (Phi) is 3.42. The summed E-state index contributed by atoms with van der Waals surface area (Å²) in [5.74, 6) is 2.03. The average Bonchev–Trinajstić information content (AvgIpc) is 2.48. The van der Waals surface area contributed by atoms with Gasteiger partial charge in [0, 0.05) is 6.54 Å². The summed E-state index contributed by atoms with van der Waals surface area (Å²) < 4.78 is 2.17. The van der Waals surface area contributed by atoms with Crippen LogP contribution in [-0.2, 0) is 6.54 Å². The van der Waals surface area contributed by atoms with Crippen molar-refractivity contribution < 1.29 is 0 Å². The van der Waals surface area contributed by atoms with Gasteiger partial charge in [0.05, 0.1) is 6.04 Å². The van der Waals surface area contributed by atoms with Gasteiger partial charge in [0.25, 0.3) is 0 Å². The molecule has 0 radical (unpaired) electrons. The predicted molar refractivity (Wildman–Crippen MR) is 52.5 cm³/mol. The maximum atomic E-state index is 4.16. The van der Waals surface area contributed by atoms with E-state index in [4.69, 9.17) is 0 Å². The molecule has 0 amide bonds. The smallest absolute Gasteiger partial charge is 0.149 e. The molecule has 0 saturated carbocycles. The van der Waals surface area contributed by atoms with Gasteiger partial charge < -0.3 is 9.88 Å². The van der Waals surface area contributed by atoms with E-state index in [1.807, 2.05) is 14.0 Å². The van der Waals surface area contributed by atoms with Crippen LogP contribution in [0.2, 0.25) is 0 Å². The van der Waals surface area contributed by atoms with E-state index in [0.717, 1.165) is 24.6 Å². The molecule has 0 aromatic carbocycles. The van der Waals surface area contributed by atoms with Crippen LogP contribution in [-0.4, -0.2) is 21.8 Å². The molecule has 4 nitrogen and oxygen atoms in total. The van der Waals surface area contributed by atoms with Crippen molar-refractivity contribution in [1.82, 2.24) is 20.1 Å². The van der Waals surface area contributed by atoms with Crippen LogP contribution >= 0.6 is 0 Å². The summed E-state index contributed by atoms with van der Waals surface area (Å²) in [6.07, 6.45) is 1.11. The van der Waals surface area contributed by atoms with Gasteiger partial charge in [-0.15, -0.1) is 10.2 Å². The highest BCUT2D eigenvalue weighted by molar-refractivity contribution is 4.98. The molecule has 1 unspecified atom stereocenters. The third kappa shape index (κ3) is 2.06. The molecule has 1 aromatic rings. The second-order valence-corrected chi connectivity index (χ2v) is 3.27. The summed E-state index contributed by atoms with van der Waals surface area (Å²) in [7, 11) is 1.94. The summed E-state index contributed by atoms with van der Waals surface area (Å²) in [5.41, 5.74) is 0. The van der Waals surface area contributed by atoms with Gasteiger partial charge in [0.1, 0.15) is 11.6 Å². The maximum absolute atomic E-state index is 4.16. The summed E-state index contributed by atoms with van der Waals surface area (Å²) in [6.45, 7) is 7.25. The fourth-order valence-electron chi connectivity index (χ4n) is 1.35. The fraction of sp³-hybridized carbons (Fsp3) is 0.778. The third-order valence-electron chi connectivity index (χ3n) is 2.23. The molecular formula is C9H18N4. The second kappa shape index (κ2) is 4.37. The Morgan fingerprint density at radius 3 is 2.69 bits per heavy atom. The lowest BCUT2D eigenvalue weighted by molar-refractivity contribution is 0.540. The average molecular weight is 182 g/mol. The number of nitrogens with zero attached hydrogens (tertiary/aromatic N) is 3. The van der Waals surface area contributed by atoms with Gasteiger partial charge >= 0.3 is 0 Å². The molecular weight excluding hydrogens is 164 g/mol. The second-order valence-electron chi connectivity index (χ2n) is 3.27. The van der Waals surface area contributed by atoms with Crippen molar-refractivity contribution in [2.75, 3.05) is 7.05 Å². The molecule has 1 rings (SSSR count). The maximum Gasteiger partial charge on any atom is 0.149 e. The Hall–Kier alpha value is -0.900. The molecule has 4 heteroatoms. The summed E-state index contributed by atoms with van der Waals surface area (Å²) in [6, 6.07) is 0.271. The first kappa shape index (κ1) is 10.2. The molecule has 0 saturated heterocycles. The molecule has 0 aliphatic rings. The predicted octanol–water partition coefficient (Wildman–Crippen LogP) is 1.28. The lowest BCUT2D eigenvalue weighted by Gasteiger charge is -2.12. The van der Waals surface area contributed by atoms with Crippen LogP contribution in [0.3, 0.4) is 0 Å². The molecule has 0 bridgehead atoms. The molecule has 0 spiro atoms. The highest BCUT2D eigenvalue weighted by Crippen LogP contribution is 2.11. The Balaban J connectivity index is 2.92. The first-order chi connectivity index (χ1) is 6.20. The monoisotopic (exact) mass is 182 g/mol. The summed E-state index contributed by atoms with van der Waals surface area (Å²) in [5, 5.41) is 11.4.